The number of hydrogen-bond acceptors (Lipinski definition) is 2. The second kappa shape index (κ2) is 6.52. The molecule has 0 radical (unpaired) electrons. The summed E-state index contributed by atoms with van der Waals surface area (Å²) in [6.07, 6.45) is 0.715. The molecule has 2 nitrogen and oxygen atoms in total. The van der Waals surface area contributed by atoms with Crippen LogP contribution in [-0.4, -0.2) is 19.3 Å². The van der Waals surface area contributed by atoms with Gasteiger partial charge in [-0.25, -0.2) is 0 Å². The second-order valence-electron chi connectivity index (χ2n) is 2.04. The van der Waals surface area contributed by atoms with E-state index in [1.807, 2.05) is 0 Å². The predicted molar refractivity (Wildman–Crippen MR) is 53.9 cm³/mol. The van der Waals surface area contributed by atoms with Crippen molar-refractivity contribution in [2.75, 3.05) is 0 Å². The van der Waals surface area contributed by atoms with Gasteiger partial charge in [-0.2, -0.15) is 0 Å². The van der Waals surface area contributed by atoms with Crippen LogP contribution in [0.25, 0.3) is 0 Å². The number of aliphatic hydroxyl groups is 2. The molecule has 0 rings (SSSR count). The van der Waals surface area contributed by atoms with Gasteiger partial charge in [-0.3, -0.25) is 0 Å². The van der Waals surface area contributed by atoms with Crippen LogP contribution < -0.4 is 0 Å². The topological polar surface area (TPSA) is 40.5 Å². The number of alkyl halides is 4. The minimum atomic E-state index is -1.51. The minimum absolute atomic E-state index is 0.357. The van der Waals surface area contributed by atoms with Crippen molar-refractivity contribution < 1.29 is 10.2 Å². The largest absolute Gasteiger partial charge is 0.363 e. The summed E-state index contributed by atoms with van der Waals surface area (Å²) < 4.78 is -3.03. The van der Waals surface area contributed by atoms with Crippen LogP contribution in [0.1, 0.15) is 26.7 Å². The van der Waals surface area contributed by atoms with Crippen molar-refractivity contribution in [2.45, 2.75) is 35.7 Å². The molecule has 0 bridgehead atoms. The third-order valence-electron chi connectivity index (χ3n) is 0.851. The molecule has 0 aromatic carbocycles. The van der Waals surface area contributed by atoms with Gasteiger partial charge in [0, 0.05) is 12.8 Å². The number of rotatable bonds is 2. The van der Waals surface area contributed by atoms with E-state index in [4.69, 9.17) is 56.6 Å². The summed E-state index contributed by atoms with van der Waals surface area (Å²) in [7, 11) is 0. The van der Waals surface area contributed by atoms with Gasteiger partial charge in [0.25, 0.3) is 0 Å². The van der Waals surface area contributed by atoms with Gasteiger partial charge in [-0.15, -0.1) is 0 Å². The Labute approximate surface area is 92.4 Å². The average Bonchev–Trinajstić information content (AvgIpc) is 1.86. The van der Waals surface area contributed by atoms with Crippen LogP contribution in [0.4, 0.5) is 0 Å². The summed E-state index contributed by atoms with van der Waals surface area (Å²) in [6, 6.07) is 0. The molecule has 0 aliphatic heterocycles. The maximum atomic E-state index is 8.36. The Bertz CT molecular complexity index is 91.1. The van der Waals surface area contributed by atoms with Gasteiger partial charge in [0.2, 0.25) is 9.04 Å². The van der Waals surface area contributed by atoms with Gasteiger partial charge < -0.3 is 10.2 Å². The zero-order valence-corrected chi connectivity index (χ0v) is 9.84. The van der Waals surface area contributed by atoms with Crippen LogP contribution in [0.15, 0.2) is 0 Å². The fourth-order valence-electron chi connectivity index (χ4n) is 0. The van der Waals surface area contributed by atoms with E-state index in [1.165, 1.54) is 0 Å². The van der Waals surface area contributed by atoms with Crippen molar-refractivity contribution in [2.24, 2.45) is 0 Å². The van der Waals surface area contributed by atoms with Crippen molar-refractivity contribution >= 4 is 46.4 Å². The summed E-state index contributed by atoms with van der Waals surface area (Å²) in [6.45, 7) is 3.39. The molecule has 0 saturated carbocycles. The molecule has 0 aromatic rings. The van der Waals surface area contributed by atoms with Crippen LogP contribution in [0, 0.1) is 0 Å². The highest BCUT2D eigenvalue weighted by molar-refractivity contribution is 6.47. The molecule has 0 heterocycles. The highest BCUT2D eigenvalue weighted by Gasteiger charge is 2.13. The van der Waals surface area contributed by atoms with Gasteiger partial charge in [0.15, 0.2) is 0 Å². The lowest BCUT2D eigenvalue weighted by atomic mass is 10.5. The zero-order valence-electron chi connectivity index (χ0n) is 6.82. The molecule has 6 heteroatoms. The maximum absolute atomic E-state index is 8.36. The lowest BCUT2D eigenvalue weighted by molar-refractivity contribution is 0.210. The third-order valence-corrected chi connectivity index (χ3v) is 1.92. The zero-order chi connectivity index (χ0) is 10.4. The molecule has 0 aliphatic rings. The lowest BCUT2D eigenvalue weighted by Gasteiger charge is -2.04. The lowest BCUT2D eigenvalue weighted by Crippen LogP contribution is -2.06. The molecule has 0 fully saturated rings. The molecule has 0 saturated heterocycles. The van der Waals surface area contributed by atoms with Crippen LogP contribution >= 0.6 is 46.4 Å². The van der Waals surface area contributed by atoms with Crippen LogP contribution in [0.5, 0.6) is 0 Å². The van der Waals surface area contributed by atoms with E-state index in [1.54, 1.807) is 13.8 Å². The highest BCUT2D eigenvalue weighted by atomic mass is 35.5. The Morgan fingerprint density at radius 1 is 0.833 bits per heavy atom. The highest BCUT2D eigenvalue weighted by Crippen LogP contribution is 2.19. The van der Waals surface area contributed by atoms with Crippen molar-refractivity contribution in [1.29, 1.82) is 0 Å². The first-order valence-corrected chi connectivity index (χ1v) is 4.84. The van der Waals surface area contributed by atoms with Gasteiger partial charge >= 0.3 is 0 Å². The molecule has 12 heavy (non-hydrogen) atoms. The Morgan fingerprint density at radius 2 is 0.917 bits per heavy atom. The first-order valence-electron chi connectivity index (χ1n) is 3.32. The summed E-state index contributed by atoms with van der Waals surface area (Å²) in [5.41, 5.74) is 0. The molecule has 0 spiro atoms. The molecular formula is C6H12Cl4O2. The molecule has 0 unspecified atom stereocenters. The van der Waals surface area contributed by atoms with Crippen molar-refractivity contribution in [1.82, 2.24) is 0 Å². The van der Waals surface area contributed by atoms with Gasteiger partial charge in [-0.05, 0) is 0 Å². The van der Waals surface area contributed by atoms with E-state index in [9.17, 15) is 0 Å². The van der Waals surface area contributed by atoms with Crippen LogP contribution in [0.3, 0.4) is 0 Å². The molecule has 0 amide bonds. The Kier molecular flexibility index (Phi) is 8.45. The fourth-order valence-corrected chi connectivity index (χ4v) is 0. The van der Waals surface area contributed by atoms with E-state index < -0.39 is 9.04 Å². The minimum Gasteiger partial charge on any atom is -0.363 e. The third kappa shape index (κ3) is 22.5. The van der Waals surface area contributed by atoms with Crippen LogP contribution in [0.2, 0.25) is 0 Å². The molecule has 0 atom stereocenters. The van der Waals surface area contributed by atoms with Gasteiger partial charge in [-0.1, -0.05) is 60.3 Å². The number of halogens is 4. The molecular weight excluding hydrogens is 246 g/mol. The molecule has 0 aromatic heterocycles. The fraction of sp³-hybridized carbons (Fsp3) is 1.00. The summed E-state index contributed by atoms with van der Waals surface area (Å²) in [5, 5.41) is 16.7. The summed E-state index contributed by atoms with van der Waals surface area (Å²) >= 11 is 20.2. The second-order valence-corrected chi connectivity index (χ2v) is 4.93. The van der Waals surface area contributed by atoms with Crippen molar-refractivity contribution in [3.05, 3.63) is 0 Å². The molecule has 2 N–H and O–H groups in total. The van der Waals surface area contributed by atoms with Crippen LogP contribution in [-0.2, 0) is 0 Å². The van der Waals surface area contributed by atoms with E-state index in [2.05, 4.69) is 0 Å². The normalized spacial score (nSPS) is 12.0. The predicted octanol–water partition coefficient (Wildman–Crippen LogP) is 3.04. The summed E-state index contributed by atoms with van der Waals surface area (Å²) in [5.74, 6) is 0. The van der Waals surface area contributed by atoms with Gasteiger partial charge in [0.1, 0.15) is 0 Å². The Morgan fingerprint density at radius 3 is 0.917 bits per heavy atom. The van der Waals surface area contributed by atoms with E-state index in [0.717, 1.165) is 0 Å². The monoisotopic (exact) mass is 256 g/mol. The van der Waals surface area contributed by atoms with E-state index in [0.29, 0.717) is 12.8 Å². The van der Waals surface area contributed by atoms with E-state index in [-0.39, 0.29) is 0 Å². The first kappa shape index (κ1) is 15.5. The first-order chi connectivity index (χ1) is 5.12. The quantitative estimate of drug-likeness (QED) is 0.747. The smallest absolute Gasteiger partial charge is 0.214 e. The standard InChI is InChI=1S/2C3H6Cl2O/c2*1-2-3(4,5)6/h2*6H,2H2,1H3. The SMILES string of the molecule is CCC(O)(Cl)Cl.CCC(O)(Cl)Cl. The average molecular weight is 258 g/mol. The van der Waals surface area contributed by atoms with Gasteiger partial charge in [0.05, 0.1) is 0 Å². The van der Waals surface area contributed by atoms with Crippen molar-refractivity contribution in [3.8, 4) is 0 Å². The van der Waals surface area contributed by atoms with E-state index >= 15 is 0 Å². The summed E-state index contributed by atoms with van der Waals surface area (Å²) in [4.78, 5) is 0. The molecule has 0 aliphatic carbocycles. The maximum Gasteiger partial charge on any atom is 0.214 e. The number of hydrogen-bond donors (Lipinski definition) is 2. The molecule has 76 valence electrons. The Hall–Kier alpha value is 1.08. The Balaban J connectivity index is 0. The van der Waals surface area contributed by atoms with Crippen molar-refractivity contribution in [3.63, 3.8) is 0 Å².